The molecule has 1 aromatic carbocycles. The molecule has 1 rings (SSSR count). The highest BCUT2D eigenvalue weighted by molar-refractivity contribution is 5.74. The van der Waals surface area contributed by atoms with Gasteiger partial charge in [-0.3, -0.25) is 0 Å². The molecule has 1 atom stereocenters. The molecule has 17 heavy (non-hydrogen) atoms. The maximum atomic E-state index is 12.9. The summed E-state index contributed by atoms with van der Waals surface area (Å²) in [6.07, 6.45) is -1.09. The highest BCUT2D eigenvalue weighted by Gasteiger charge is 2.21. The van der Waals surface area contributed by atoms with Crippen molar-refractivity contribution in [2.45, 2.75) is 12.5 Å². The Bertz CT molecular complexity index is 395. The van der Waals surface area contributed by atoms with E-state index in [0.29, 0.717) is 0 Å². The molecule has 4 nitrogen and oxygen atoms in total. The van der Waals surface area contributed by atoms with Gasteiger partial charge in [-0.2, -0.15) is 0 Å². The number of aliphatic hydroxyl groups is 1. The minimum absolute atomic E-state index is 0.0203. The third-order valence-corrected chi connectivity index (χ3v) is 2.06. The molecule has 94 valence electrons. The molecule has 0 aliphatic rings. The number of aliphatic hydroxyl groups excluding tert-OH is 1. The van der Waals surface area contributed by atoms with E-state index in [-0.39, 0.29) is 25.2 Å². The van der Waals surface area contributed by atoms with E-state index in [1.165, 1.54) is 0 Å². The molecular formula is C11H12F2O4. The van der Waals surface area contributed by atoms with Crippen LogP contribution in [-0.4, -0.2) is 29.4 Å². The highest BCUT2D eigenvalue weighted by Crippen LogP contribution is 2.20. The van der Waals surface area contributed by atoms with Crippen LogP contribution in [0.15, 0.2) is 18.2 Å². The second-order valence-corrected chi connectivity index (χ2v) is 3.34. The largest absolute Gasteiger partial charge is 0.479 e. The molecule has 0 saturated heterocycles. The number of hydrogen-bond donors (Lipinski definition) is 2. The fraction of sp³-hybridized carbons (Fsp3) is 0.364. The summed E-state index contributed by atoms with van der Waals surface area (Å²) in [6, 6.07) is 2.78. The third-order valence-electron chi connectivity index (χ3n) is 2.06. The molecule has 0 heterocycles. The van der Waals surface area contributed by atoms with Crippen molar-refractivity contribution in [2.75, 3.05) is 13.2 Å². The summed E-state index contributed by atoms with van der Waals surface area (Å²) in [7, 11) is 0. The molecule has 0 fully saturated rings. The summed E-state index contributed by atoms with van der Waals surface area (Å²) >= 11 is 0. The number of ether oxygens (including phenoxy) is 1. The van der Waals surface area contributed by atoms with E-state index in [2.05, 4.69) is 0 Å². The molecule has 0 spiro atoms. The molecular weight excluding hydrogens is 234 g/mol. The van der Waals surface area contributed by atoms with E-state index in [1.807, 2.05) is 0 Å². The van der Waals surface area contributed by atoms with Gasteiger partial charge in [0.25, 0.3) is 0 Å². The van der Waals surface area contributed by atoms with Crippen LogP contribution in [0.25, 0.3) is 0 Å². The van der Waals surface area contributed by atoms with Crippen LogP contribution in [0, 0.1) is 11.6 Å². The summed E-state index contributed by atoms with van der Waals surface area (Å²) in [5.41, 5.74) is 0.0225. The number of benzene rings is 1. The first-order chi connectivity index (χ1) is 8.06. The highest BCUT2D eigenvalue weighted by atomic mass is 19.2. The fourth-order valence-electron chi connectivity index (χ4n) is 1.25. The standard InChI is InChI=1S/C11H12F2O4/c12-8-3-2-7(6-9(8)13)10(11(15)16)17-5-1-4-14/h2-3,6,10,14H,1,4-5H2,(H,15,16). The van der Waals surface area contributed by atoms with Crippen LogP contribution in [0.3, 0.4) is 0 Å². The average Bonchev–Trinajstić information content (AvgIpc) is 2.28. The number of carboxylic acid groups (broad SMARTS) is 1. The first kappa shape index (κ1) is 13.5. The van der Waals surface area contributed by atoms with Crippen LogP contribution in [0.4, 0.5) is 8.78 Å². The number of halogens is 2. The van der Waals surface area contributed by atoms with Gasteiger partial charge in [0.2, 0.25) is 0 Å². The van der Waals surface area contributed by atoms with Gasteiger partial charge >= 0.3 is 5.97 Å². The van der Waals surface area contributed by atoms with E-state index < -0.39 is 23.7 Å². The summed E-state index contributed by atoms with van der Waals surface area (Å²) < 4.78 is 30.6. The van der Waals surface area contributed by atoms with Gasteiger partial charge in [-0.25, -0.2) is 13.6 Å². The summed E-state index contributed by atoms with van der Waals surface area (Å²) in [5, 5.41) is 17.4. The monoisotopic (exact) mass is 246 g/mol. The number of hydrogen-bond acceptors (Lipinski definition) is 3. The first-order valence-electron chi connectivity index (χ1n) is 4.96. The summed E-state index contributed by atoms with van der Waals surface area (Å²) in [6.45, 7) is -0.115. The second kappa shape index (κ2) is 6.27. The van der Waals surface area contributed by atoms with Crippen LogP contribution in [0.5, 0.6) is 0 Å². The Morgan fingerprint density at radius 2 is 2.06 bits per heavy atom. The van der Waals surface area contributed by atoms with Crippen molar-refractivity contribution in [3.8, 4) is 0 Å². The Balaban J connectivity index is 2.82. The van der Waals surface area contributed by atoms with Crippen LogP contribution in [0.2, 0.25) is 0 Å². The van der Waals surface area contributed by atoms with Crippen molar-refractivity contribution in [2.24, 2.45) is 0 Å². The normalized spacial score (nSPS) is 12.4. The zero-order valence-corrected chi connectivity index (χ0v) is 8.90. The minimum Gasteiger partial charge on any atom is -0.479 e. The zero-order chi connectivity index (χ0) is 12.8. The van der Waals surface area contributed by atoms with Crippen molar-refractivity contribution in [3.05, 3.63) is 35.4 Å². The molecule has 0 aliphatic carbocycles. The van der Waals surface area contributed by atoms with Gasteiger partial charge < -0.3 is 14.9 Å². The summed E-state index contributed by atoms with van der Waals surface area (Å²) in [5.74, 6) is -3.47. The Labute approximate surface area is 96.5 Å². The van der Waals surface area contributed by atoms with Gasteiger partial charge in [-0.15, -0.1) is 0 Å². The molecule has 0 aromatic heterocycles. The van der Waals surface area contributed by atoms with Crippen LogP contribution < -0.4 is 0 Å². The summed E-state index contributed by atoms with van der Waals surface area (Å²) in [4.78, 5) is 10.9. The van der Waals surface area contributed by atoms with Crippen LogP contribution in [0.1, 0.15) is 18.1 Å². The second-order valence-electron chi connectivity index (χ2n) is 3.34. The number of aliphatic carboxylic acids is 1. The molecule has 2 N–H and O–H groups in total. The topological polar surface area (TPSA) is 66.8 Å². The van der Waals surface area contributed by atoms with Crippen molar-refractivity contribution in [3.63, 3.8) is 0 Å². The van der Waals surface area contributed by atoms with Gasteiger partial charge in [-0.1, -0.05) is 6.07 Å². The van der Waals surface area contributed by atoms with Gasteiger partial charge in [0.05, 0.1) is 6.61 Å². The predicted octanol–water partition coefficient (Wildman–Crippen LogP) is 1.49. The fourth-order valence-corrected chi connectivity index (χ4v) is 1.25. The number of carboxylic acids is 1. The lowest BCUT2D eigenvalue weighted by Crippen LogP contribution is -2.16. The molecule has 1 aromatic rings. The van der Waals surface area contributed by atoms with Crippen molar-refractivity contribution in [1.82, 2.24) is 0 Å². The average molecular weight is 246 g/mol. The van der Waals surface area contributed by atoms with Crippen LogP contribution >= 0.6 is 0 Å². The van der Waals surface area contributed by atoms with E-state index in [1.54, 1.807) is 0 Å². The maximum Gasteiger partial charge on any atom is 0.337 e. The Morgan fingerprint density at radius 1 is 1.35 bits per heavy atom. The molecule has 0 radical (unpaired) electrons. The Morgan fingerprint density at radius 3 is 2.59 bits per heavy atom. The first-order valence-corrected chi connectivity index (χ1v) is 4.96. The predicted molar refractivity (Wildman–Crippen MR) is 54.4 cm³/mol. The van der Waals surface area contributed by atoms with Gasteiger partial charge in [-0.05, 0) is 24.1 Å². The molecule has 0 aliphatic heterocycles. The van der Waals surface area contributed by atoms with Gasteiger partial charge in [0, 0.05) is 6.61 Å². The van der Waals surface area contributed by atoms with E-state index >= 15 is 0 Å². The molecule has 0 amide bonds. The lowest BCUT2D eigenvalue weighted by atomic mass is 10.1. The van der Waals surface area contributed by atoms with Gasteiger partial charge in [0.15, 0.2) is 17.7 Å². The van der Waals surface area contributed by atoms with E-state index in [0.717, 1.165) is 18.2 Å². The van der Waals surface area contributed by atoms with Crippen LogP contribution in [-0.2, 0) is 9.53 Å². The zero-order valence-electron chi connectivity index (χ0n) is 8.90. The molecule has 0 bridgehead atoms. The van der Waals surface area contributed by atoms with E-state index in [4.69, 9.17) is 14.9 Å². The Hall–Kier alpha value is -1.53. The maximum absolute atomic E-state index is 12.9. The number of rotatable bonds is 6. The van der Waals surface area contributed by atoms with Crippen molar-refractivity contribution < 1.29 is 28.5 Å². The van der Waals surface area contributed by atoms with Crippen molar-refractivity contribution in [1.29, 1.82) is 0 Å². The SMILES string of the molecule is O=C(O)C(OCCCO)c1ccc(F)c(F)c1. The molecule has 6 heteroatoms. The smallest absolute Gasteiger partial charge is 0.337 e. The third kappa shape index (κ3) is 3.76. The van der Waals surface area contributed by atoms with Crippen molar-refractivity contribution >= 4 is 5.97 Å². The number of carbonyl (C=O) groups is 1. The lowest BCUT2D eigenvalue weighted by molar-refractivity contribution is -0.151. The minimum atomic E-state index is -1.36. The molecule has 0 saturated carbocycles. The van der Waals surface area contributed by atoms with Gasteiger partial charge in [0.1, 0.15) is 0 Å². The lowest BCUT2D eigenvalue weighted by Gasteiger charge is -2.13. The molecule has 1 unspecified atom stereocenters. The van der Waals surface area contributed by atoms with E-state index in [9.17, 15) is 13.6 Å². The Kier molecular flexibility index (Phi) is 4.99. The quantitative estimate of drug-likeness (QED) is 0.746.